The summed E-state index contributed by atoms with van der Waals surface area (Å²) >= 11 is 0. The van der Waals surface area contributed by atoms with Gasteiger partial charge in [-0.2, -0.15) is 0 Å². The van der Waals surface area contributed by atoms with E-state index in [9.17, 15) is 19.8 Å². The third kappa shape index (κ3) is 2.46. The van der Waals surface area contributed by atoms with Crippen LogP contribution in [-0.4, -0.2) is 28.7 Å². The van der Waals surface area contributed by atoms with Crippen LogP contribution in [0.1, 0.15) is 15.9 Å². The minimum atomic E-state index is -1.04. The molecule has 22 heavy (non-hydrogen) atoms. The smallest absolute Gasteiger partial charge is 0.336 e. The normalized spacial score (nSPS) is 13.5. The van der Waals surface area contributed by atoms with Crippen LogP contribution in [0, 0.1) is 0 Å². The third-order valence-electron chi connectivity index (χ3n) is 3.46. The minimum absolute atomic E-state index is 0.0407. The van der Waals surface area contributed by atoms with E-state index in [4.69, 9.17) is 4.74 Å². The molecule has 2 N–H and O–H groups in total. The van der Waals surface area contributed by atoms with Crippen LogP contribution in [0.2, 0.25) is 0 Å². The Bertz CT molecular complexity index is 756. The van der Waals surface area contributed by atoms with Gasteiger partial charge in [-0.05, 0) is 23.8 Å². The van der Waals surface area contributed by atoms with Crippen LogP contribution in [0.15, 0.2) is 42.5 Å². The number of fused-ring (bicyclic) bond motifs is 1. The Hall–Kier alpha value is -3.02. The van der Waals surface area contributed by atoms with Crippen molar-refractivity contribution >= 4 is 17.6 Å². The molecule has 0 unspecified atom stereocenters. The summed E-state index contributed by atoms with van der Waals surface area (Å²) in [5, 5.41) is 18.7. The number of amides is 1. The molecule has 0 saturated heterocycles. The highest BCUT2D eigenvalue weighted by Gasteiger charge is 2.27. The summed E-state index contributed by atoms with van der Waals surface area (Å²) in [6, 6.07) is 11.0. The van der Waals surface area contributed by atoms with Gasteiger partial charge in [0.1, 0.15) is 11.5 Å². The third-order valence-corrected chi connectivity index (χ3v) is 3.46. The number of anilines is 1. The topological polar surface area (TPSA) is 87.1 Å². The zero-order valence-electron chi connectivity index (χ0n) is 11.5. The number of aromatic hydroxyl groups is 1. The molecule has 1 amide bonds. The molecule has 0 aliphatic carbocycles. The van der Waals surface area contributed by atoms with Crippen molar-refractivity contribution in [3.8, 4) is 11.5 Å². The number of carboxylic acid groups (broad SMARTS) is 1. The lowest BCUT2D eigenvalue weighted by atomic mass is 10.1. The highest BCUT2D eigenvalue weighted by atomic mass is 16.5. The van der Waals surface area contributed by atoms with Crippen LogP contribution >= 0.6 is 0 Å². The molecule has 3 rings (SSSR count). The summed E-state index contributed by atoms with van der Waals surface area (Å²) in [6.07, 6.45) is 0. The molecule has 0 atom stereocenters. The fourth-order valence-electron chi connectivity index (χ4n) is 2.40. The Kier molecular flexibility index (Phi) is 3.42. The Morgan fingerprint density at radius 1 is 1.23 bits per heavy atom. The molecule has 0 saturated carbocycles. The van der Waals surface area contributed by atoms with E-state index in [0.29, 0.717) is 17.0 Å². The highest BCUT2D eigenvalue weighted by molar-refractivity contribution is 5.98. The van der Waals surface area contributed by atoms with Crippen LogP contribution < -0.4 is 9.64 Å². The molecule has 0 radical (unpaired) electrons. The molecule has 2 aromatic carbocycles. The molecule has 0 fully saturated rings. The number of ether oxygens (including phenoxy) is 1. The average Bonchev–Trinajstić information content (AvgIpc) is 2.50. The van der Waals surface area contributed by atoms with Crippen LogP contribution in [0.5, 0.6) is 11.5 Å². The van der Waals surface area contributed by atoms with E-state index >= 15 is 0 Å². The van der Waals surface area contributed by atoms with Gasteiger partial charge in [0.2, 0.25) is 0 Å². The van der Waals surface area contributed by atoms with Gasteiger partial charge in [0, 0.05) is 6.07 Å². The number of hydrogen-bond donors (Lipinski definition) is 2. The van der Waals surface area contributed by atoms with Crippen LogP contribution in [-0.2, 0) is 11.3 Å². The van der Waals surface area contributed by atoms with Crippen molar-refractivity contribution in [1.29, 1.82) is 0 Å². The molecule has 112 valence electrons. The van der Waals surface area contributed by atoms with E-state index in [0.717, 1.165) is 0 Å². The van der Waals surface area contributed by atoms with Gasteiger partial charge >= 0.3 is 5.97 Å². The van der Waals surface area contributed by atoms with Crippen molar-refractivity contribution < 1.29 is 24.5 Å². The second-order valence-corrected chi connectivity index (χ2v) is 4.88. The molecule has 2 aromatic rings. The van der Waals surface area contributed by atoms with Gasteiger partial charge in [-0.1, -0.05) is 18.2 Å². The van der Waals surface area contributed by atoms with Gasteiger partial charge < -0.3 is 19.8 Å². The van der Waals surface area contributed by atoms with Crippen molar-refractivity contribution in [1.82, 2.24) is 0 Å². The van der Waals surface area contributed by atoms with E-state index in [2.05, 4.69) is 0 Å². The highest BCUT2D eigenvalue weighted by Crippen LogP contribution is 2.35. The van der Waals surface area contributed by atoms with E-state index in [1.807, 2.05) is 0 Å². The number of aromatic carboxylic acids is 1. The molecular formula is C16H13NO5. The molecule has 1 aliphatic heterocycles. The number of nitrogens with zero attached hydrogens (tertiary/aromatic N) is 1. The molecule has 1 heterocycles. The lowest BCUT2D eigenvalue weighted by Crippen LogP contribution is -2.38. The summed E-state index contributed by atoms with van der Waals surface area (Å²) in [7, 11) is 0. The summed E-state index contributed by atoms with van der Waals surface area (Å²) in [5.41, 5.74) is 1.20. The second-order valence-electron chi connectivity index (χ2n) is 4.88. The van der Waals surface area contributed by atoms with Gasteiger partial charge in [-0.25, -0.2) is 4.79 Å². The first-order chi connectivity index (χ1) is 10.6. The first-order valence-corrected chi connectivity index (χ1v) is 6.63. The zero-order valence-corrected chi connectivity index (χ0v) is 11.5. The van der Waals surface area contributed by atoms with Gasteiger partial charge in [-0.3, -0.25) is 4.79 Å². The molecule has 1 aliphatic rings. The van der Waals surface area contributed by atoms with Gasteiger partial charge in [0.15, 0.2) is 6.61 Å². The van der Waals surface area contributed by atoms with Crippen molar-refractivity contribution in [3.63, 3.8) is 0 Å². The Morgan fingerprint density at radius 3 is 2.77 bits per heavy atom. The van der Waals surface area contributed by atoms with E-state index in [1.165, 1.54) is 23.1 Å². The number of phenolic OH excluding ortho intramolecular Hbond substituents is 1. The van der Waals surface area contributed by atoms with E-state index in [-0.39, 0.29) is 30.4 Å². The lowest BCUT2D eigenvalue weighted by Gasteiger charge is -2.29. The first kappa shape index (κ1) is 13.9. The number of carbonyl (C=O) groups excluding carboxylic acids is 1. The molecule has 0 aromatic heterocycles. The number of benzene rings is 2. The maximum Gasteiger partial charge on any atom is 0.336 e. The largest absolute Gasteiger partial charge is 0.508 e. The van der Waals surface area contributed by atoms with Gasteiger partial charge in [-0.15, -0.1) is 0 Å². The number of rotatable bonds is 3. The summed E-state index contributed by atoms with van der Waals surface area (Å²) < 4.78 is 5.29. The molecule has 0 bridgehead atoms. The van der Waals surface area contributed by atoms with Gasteiger partial charge in [0.05, 0.1) is 17.8 Å². The predicted molar refractivity (Wildman–Crippen MR) is 78.2 cm³/mol. The van der Waals surface area contributed by atoms with Crippen molar-refractivity contribution in [3.05, 3.63) is 53.6 Å². The number of carboxylic acids is 1. The lowest BCUT2D eigenvalue weighted by molar-refractivity contribution is -0.121. The molecule has 6 heteroatoms. The summed E-state index contributed by atoms with van der Waals surface area (Å²) in [5.74, 6) is -0.869. The first-order valence-electron chi connectivity index (χ1n) is 6.63. The summed E-state index contributed by atoms with van der Waals surface area (Å²) in [6.45, 7) is -0.0197. The number of carbonyl (C=O) groups is 2. The molecule has 0 spiro atoms. The Balaban J connectivity index is 1.99. The predicted octanol–water partition coefficient (Wildman–Crippen LogP) is 2.02. The average molecular weight is 299 g/mol. The summed E-state index contributed by atoms with van der Waals surface area (Å²) in [4.78, 5) is 24.9. The fourth-order valence-corrected chi connectivity index (χ4v) is 2.40. The van der Waals surface area contributed by atoms with Crippen molar-refractivity contribution in [2.24, 2.45) is 0 Å². The van der Waals surface area contributed by atoms with E-state index < -0.39 is 5.97 Å². The molecular weight excluding hydrogens is 286 g/mol. The fraction of sp³-hybridized carbons (Fsp3) is 0.125. The maximum atomic E-state index is 12.1. The van der Waals surface area contributed by atoms with Crippen LogP contribution in [0.25, 0.3) is 0 Å². The van der Waals surface area contributed by atoms with Crippen molar-refractivity contribution in [2.75, 3.05) is 11.5 Å². The number of phenols is 1. The quantitative estimate of drug-likeness (QED) is 0.905. The molecule has 6 nitrogen and oxygen atoms in total. The maximum absolute atomic E-state index is 12.1. The zero-order chi connectivity index (χ0) is 15.7. The van der Waals surface area contributed by atoms with E-state index in [1.54, 1.807) is 24.3 Å². The minimum Gasteiger partial charge on any atom is -0.508 e. The number of hydrogen-bond acceptors (Lipinski definition) is 4. The van der Waals surface area contributed by atoms with Crippen LogP contribution in [0.4, 0.5) is 5.69 Å². The van der Waals surface area contributed by atoms with Gasteiger partial charge in [0.25, 0.3) is 5.91 Å². The standard InChI is InChI=1S/C16H13NO5/c18-11-5-6-13-14(7-11)22-9-15(19)17(13)8-10-3-1-2-4-12(10)16(20)21/h1-7,18H,8-9H2,(H,20,21). The van der Waals surface area contributed by atoms with Crippen molar-refractivity contribution in [2.45, 2.75) is 6.54 Å². The second kappa shape index (κ2) is 5.40. The Morgan fingerprint density at radius 2 is 2.00 bits per heavy atom. The van der Waals surface area contributed by atoms with Crippen LogP contribution in [0.3, 0.4) is 0 Å². The monoisotopic (exact) mass is 299 g/mol. The Labute approximate surface area is 126 Å². The SMILES string of the molecule is O=C(O)c1ccccc1CN1C(=O)COc2cc(O)ccc21.